The van der Waals surface area contributed by atoms with Crippen molar-refractivity contribution < 1.29 is 9.47 Å². The zero-order chi connectivity index (χ0) is 14.4. The van der Waals surface area contributed by atoms with E-state index < -0.39 is 0 Å². The first-order valence-electron chi connectivity index (χ1n) is 7.48. The fraction of sp³-hybridized carbons (Fsp3) is 0.625. The van der Waals surface area contributed by atoms with Gasteiger partial charge in [0.25, 0.3) is 0 Å². The van der Waals surface area contributed by atoms with Crippen LogP contribution in [-0.4, -0.2) is 25.9 Å². The lowest BCUT2D eigenvalue weighted by molar-refractivity contribution is 0.0679. The quantitative estimate of drug-likeness (QED) is 0.810. The maximum absolute atomic E-state index is 5.81. The molecule has 2 unspecified atom stereocenters. The van der Waals surface area contributed by atoms with E-state index in [1.165, 1.54) is 5.56 Å². The van der Waals surface area contributed by atoms with E-state index in [1.807, 2.05) is 6.07 Å². The molecule has 112 valence electrons. The SMILES string of the molecule is CCCNC(C)c1ccc(OCC2CCCO2)cc1Br. The summed E-state index contributed by atoms with van der Waals surface area (Å²) in [5.41, 5.74) is 1.27. The van der Waals surface area contributed by atoms with Crippen LogP contribution in [0.4, 0.5) is 0 Å². The predicted molar refractivity (Wildman–Crippen MR) is 85.3 cm³/mol. The highest BCUT2D eigenvalue weighted by molar-refractivity contribution is 9.10. The zero-order valence-electron chi connectivity index (χ0n) is 12.3. The van der Waals surface area contributed by atoms with Crippen molar-refractivity contribution in [2.75, 3.05) is 19.8 Å². The van der Waals surface area contributed by atoms with Crippen LogP contribution in [0.2, 0.25) is 0 Å². The van der Waals surface area contributed by atoms with Gasteiger partial charge in [-0.3, -0.25) is 0 Å². The summed E-state index contributed by atoms with van der Waals surface area (Å²) in [6, 6.07) is 6.56. The summed E-state index contributed by atoms with van der Waals surface area (Å²) >= 11 is 3.64. The van der Waals surface area contributed by atoms with Crippen molar-refractivity contribution in [1.29, 1.82) is 0 Å². The van der Waals surface area contributed by atoms with E-state index in [0.29, 0.717) is 12.6 Å². The second kappa shape index (κ2) is 8.01. The first-order valence-corrected chi connectivity index (χ1v) is 8.27. The molecular formula is C16H24BrNO2. The molecule has 0 saturated carbocycles. The number of halogens is 1. The van der Waals surface area contributed by atoms with Gasteiger partial charge in [0.15, 0.2) is 0 Å². The smallest absolute Gasteiger partial charge is 0.120 e. The Morgan fingerprint density at radius 2 is 2.35 bits per heavy atom. The Bertz CT molecular complexity index is 419. The third-order valence-electron chi connectivity index (χ3n) is 3.60. The van der Waals surface area contributed by atoms with E-state index in [-0.39, 0.29) is 6.10 Å². The van der Waals surface area contributed by atoms with Gasteiger partial charge in [-0.1, -0.05) is 28.9 Å². The molecule has 1 N–H and O–H groups in total. The lowest BCUT2D eigenvalue weighted by Crippen LogP contribution is -2.19. The van der Waals surface area contributed by atoms with E-state index in [9.17, 15) is 0 Å². The van der Waals surface area contributed by atoms with Gasteiger partial charge in [-0.25, -0.2) is 0 Å². The van der Waals surface area contributed by atoms with Crippen LogP contribution < -0.4 is 10.1 Å². The van der Waals surface area contributed by atoms with Crippen molar-refractivity contribution in [2.24, 2.45) is 0 Å². The Hall–Kier alpha value is -0.580. The van der Waals surface area contributed by atoms with E-state index >= 15 is 0 Å². The van der Waals surface area contributed by atoms with Gasteiger partial charge in [0.05, 0.1) is 6.10 Å². The lowest BCUT2D eigenvalue weighted by atomic mass is 10.1. The second-order valence-corrected chi connectivity index (χ2v) is 6.16. The third-order valence-corrected chi connectivity index (χ3v) is 4.29. The molecule has 3 nitrogen and oxygen atoms in total. The molecular weight excluding hydrogens is 318 g/mol. The number of rotatable bonds is 7. The van der Waals surface area contributed by atoms with Gasteiger partial charge in [-0.05, 0) is 50.4 Å². The fourth-order valence-electron chi connectivity index (χ4n) is 2.38. The maximum Gasteiger partial charge on any atom is 0.120 e. The minimum Gasteiger partial charge on any atom is -0.491 e. The van der Waals surface area contributed by atoms with Crippen molar-refractivity contribution in [3.8, 4) is 5.75 Å². The number of benzene rings is 1. The molecule has 1 heterocycles. The monoisotopic (exact) mass is 341 g/mol. The molecule has 0 aromatic heterocycles. The molecule has 20 heavy (non-hydrogen) atoms. The Labute approximate surface area is 130 Å². The Kier molecular flexibility index (Phi) is 6.33. The van der Waals surface area contributed by atoms with Gasteiger partial charge in [0.2, 0.25) is 0 Å². The van der Waals surface area contributed by atoms with Gasteiger partial charge in [0.1, 0.15) is 12.4 Å². The molecule has 1 aliphatic rings. The molecule has 1 aromatic carbocycles. The molecule has 2 rings (SSSR count). The van der Waals surface area contributed by atoms with E-state index in [1.54, 1.807) is 0 Å². The van der Waals surface area contributed by atoms with Crippen LogP contribution >= 0.6 is 15.9 Å². The Morgan fingerprint density at radius 3 is 3.00 bits per heavy atom. The van der Waals surface area contributed by atoms with Gasteiger partial charge < -0.3 is 14.8 Å². The molecule has 1 aromatic rings. The fourth-order valence-corrected chi connectivity index (χ4v) is 3.09. The van der Waals surface area contributed by atoms with E-state index in [2.05, 4.69) is 47.2 Å². The summed E-state index contributed by atoms with van der Waals surface area (Å²) in [4.78, 5) is 0. The third kappa shape index (κ3) is 4.47. The summed E-state index contributed by atoms with van der Waals surface area (Å²) < 4.78 is 12.5. The molecule has 4 heteroatoms. The van der Waals surface area contributed by atoms with Crippen molar-refractivity contribution in [1.82, 2.24) is 5.32 Å². The van der Waals surface area contributed by atoms with E-state index in [0.717, 1.165) is 42.6 Å². The molecule has 0 spiro atoms. The number of hydrogen-bond donors (Lipinski definition) is 1. The average molecular weight is 342 g/mol. The molecule has 1 aliphatic heterocycles. The minimum atomic E-state index is 0.263. The number of ether oxygens (including phenoxy) is 2. The maximum atomic E-state index is 5.81. The highest BCUT2D eigenvalue weighted by Gasteiger charge is 2.16. The molecule has 1 saturated heterocycles. The number of hydrogen-bond acceptors (Lipinski definition) is 3. The average Bonchev–Trinajstić information content (AvgIpc) is 2.96. The van der Waals surface area contributed by atoms with Gasteiger partial charge in [-0.15, -0.1) is 0 Å². The van der Waals surface area contributed by atoms with Crippen LogP contribution in [0.15, 0.2) is 22.7 Å². The molecule has 0 radical (unpaired) electrons. The summed E-state index contributed by atoms with van der Waals surface area (Å²) in [6.07, 6.45) is 3.66. The van der Waals surface area contributed by atoms with Crippen LogP contribution in [0.1, 0.15) is 44.7 Å². The van der Waals surface area contributed by atoms with Crippen LogP contribution in [0, 0.1) is 0 Å². The van der Waals surface area contributed by atoms with Crippen LogP contribution in [0.5, 0.6) is 5.75 Å². The van der Waals surface area contributed by atoms with E-state index in [4.69, 9.17) is 9.47 Å². The lowest BCUT2D eigenvalue weighted by Gasteiger charge is -2.17. The summed E-state index contributed by atoms with van der Waals surface area (Å²) in [5, 5.41) is 3.49. The second-order valence-electron chi connectivity index (χ2n) is 5.31. The van der Waals surface area contributed by atoms with Crippen molar-refractivity contribution >= 4 is 15.9 Å². The molecule has 0 aliphatic carbocycles. The predicted octanol–water partition coefficient (Wildman–Crippen LogP) is 4.07. The standard InChI is InChI=1S/C16H24BrNO2/c1-3-8-18-12(2)15-7-6-13(10-16(15)17)20-11-14-5-4-9-19-14/h6-7,10,12,14,18H,3-5,8-9,11H2,1-2H3. The Balaban J connectivity index is 1.90. The highest BCUT2D eigenvalue weighted by Crippen LogP contribution is 2.28. The van der Waals surface area contributed by atoms with Crippen molar-refractivity contribution in [3.05, 3.63) is 28.2 Å². The highest BCUT2D eigenvalue weighted by atomic mass is 79.9. The molecule has 0 bridgehead atoms. The first kappa shape index (κ1) is 15.8. The van der Waals surface area contributed by atoms with Crippen LogP contribution in [0.25, 0.3) is 0 Å². The zero-order valence-corrected chi connectivity index (χ0v) is 13.9. The summed E-state index contributed by atoms with van der Waals surface area (Å²) in [7, 11) is 0. The normalized spacial score (nSPS) is 20.1. The topological polar surface area (TPSA) is 30.5 Å². The Morgan fingerprint density at radius 1 is 1.50 bits per heavy atom. The van der Waals surface area contributed by atoms with Gasteiger partial charge >= 0.3 is 0 Å². The van der Waals surface area contributed by atoms with Gasteiger partial charge in [-0.2, -0.15) is 0 Å². The molecule has 0 amide bonds. The largest absolute Gasteiger partial charge is 0.491 e. The summed E-state index contributed by atoms with van der Waals surface area (Å²) in [6.45, 7) is 6.91. The van der Waals surface area contributed by atoms with Crippen molar-refractivity contribution in [3.63, 3.8) is 0 Å². The van der Waals surface area contributed by atoms with Crippen LogP contribution in [-0.2, 0) is 4.74 Å². The number of nitrogens with one attached hydrogen (secondary N) is 1. The van der Waals surface area contributed by atoms with Gasteiger partial charge in [0, 0.05) is 17.1 Å². The first-order chi connectivity index (χ1) is 9.70. The molecule has 2 atom stereocenters. The minimum absolute atomic E-state index is 0.263. The van der Waals surface area contributed by atoms with Crippen molar-refractivity contribution in [2.45, 2.75) is 45.3 Å². The van der Waals surface area contributed by atoms with Crippen LogP contribution in [0.3, 0.4) is 0 Å². The molecule has 1 fully saturated rings. The summed E-state index contributed by atoms with van der Waals surface area (Å²) in [5.74, 6) is 0.902.